The van der Waals surface area contributed by atoms with Crippen molar-refractivity contribution in [2.45, 2.75) is 37.5 Å². The van der Waals surface area contributed by atoms with Crippen LogP contribution in [-0.4, -0.2) is 37.3 Å². The average molecular weight is 309 g/mol. The van der Waals surface area contributed by atoms with E-state index in [4.69, 9.17) is 0 Å². The van der Waals surface area contributed by atoms with Crippen LogP contribution >= 0.6 is 0 Å². The highest BCUT2D eigenvalue weighted by atomic mass is 32.2. The van der Waals surface area contributed by atoms with E-state index in [1.807, 2.05) is 6.92 Å². The molecule has 0 amide bonds. The summed E-state index contributed by atoms with van der Waals surface area (Å²) in [6.07, 6.45) is 6.12. The normalized spacial score (nSPS) is 19.0. The van der Waals surface area contributed by atoms with Gasteiger partial charge in [-0.2, -0.15) is 4.31 Å². The van der Waals surface area contributed by atoms with Crippen molar-refractivity contribution in [1.82, 2.24) is 9.29 Å². The Hall–Kier alpha value is -1.14. The van der Waals surface area contributed by atoms with Crippen molar-refractivity contribution in [2.75, 3.05) is 25.0 Å². The average Bonchev–Trinajstić information content (AvgIpc) is 3.34. The molecule has 0 unspecified atom stereocenters. The molecule has 5 nitrogen and oxygen atoms in total. The van der Waals surface area contributed by atoms with Gasteiger partial charge in [0.1, 0.15) is 10.7 Å². The molecule has 3 rings (SSSR count). The lowest BCUT2D eigenvalue weighted by atomic mass is 10.4. The van der Waals surface area contributed by atoms with Crippen LogP contribution in [0.4, 0.5) is 5.82 Å². The smallest absolute Gasteiger partial charge is 0.244 e. The fraction of sp³-hybridized carbons (Fsp3) is 0.667. The van der Waals surface area contributed by atoms with E-state index in [0.29, 0.717) is 35.6 Å². The first-order chi connectivity index (χ1) is 10.1. The molecule has 0 atom stereocenters. The van der Waals surface area contributed by atoms with Crippen LogP contribution in [0.5, 0.6) is 0 Å². The molecule has 0 aliphatic heterocycles. The summed E-state index contributed by atoms with van der Waals surface area (Å²) in [5.74, 6) is 1.84. The second-order valence-corrected chi connectivity index (χ2v) is 8.06. The minimum Gasteiger partial charge on any atom is -0.370 e. The molecule has 2 aliphatic carbocycles. The van der Waals surface area contributed by atoms with Crippen molar-refractivity contribution in [1.29, 1.82) is 0 Å². The molecule has 2 fully saturated rings. The molecular weight excluding hydrogens is 286 g/mol. The Labute approximate surface area is 126 Å². The Bertz CT molecular complexity index is 563. The van der Waals surface area contributed by atoms with Crippen LogP contribution in [0, 0.1) is 11.8 Å². The van der Waals surface area contributed by atoms with E-state index in [0.717, 1.165) is 32.2 Å². The van der Waals surface area contributed by atoms with Crippen LogP contribution in [0.25, 0.3) is 0 Å². The Kier molecular flexibility index (Phi) is 4.17. The van der Waals surface area contributed by atoms with Gasteiger partial charge in [-0.05, 0) is 56.6 Å². The first kappa shape index (κ1) is 14.8. The van der Waals surface area contributed by atoms with Gasteiger partial charge in [0.25, 0.3) is 0 Å². The Balaban J connectivity index is 1.77. The van der Waals surface area contributed by atoms with Gasteiger partial charge in [0.15, 0.2) is 0 Å². The summed E-state index contributed by atoms with van der Waals surface area (Å²) in [7, 11) is -3.40. The maximum Gasteiger partial charge on any atom is 0.244 e. The van der Waals surface area contributed by atoms with E-state index >= 15 is 0 Å². The zero-order valence-electron chi connectivity index (χ0n) is 12.5. The maximum atomic E-state index is 12.8. The molecule has 2 aliphatic rings. The molecule has 0 saturated heterocycles. The number of hydrogen-bond acceptors (Lipinski definition) is 4. The van der Waals surface area contributed by atoms with Gasteiger partial charge in [0.05, 0.1) is 0 Å². The minimum atomic E-state index is -3.40. The molecule has 0 spiro atoms. The lowest BCUT2D eigenvalue weighted by Gasteiger charge is -2.22. The highest BCUT2D eigenvalue weighted by molar-refractivity contribution is 7.89. The Morgan fingerprint density at radius 2 is 1.81 bits per heavy atom. The summed E-state index contributed by atoms with van der Waals surface area (Å²) in [5, 5.41) is 3.08. The second kappa shape index (κ2) is 5.93. The monoisotopic (exact) mass is 309 g/mol. The third-order valence-electron chi connectivity index (χ3n) is 4.05. The molecule has 1 aromatic heterocycles. The fourth-order valence-electron chi connectivity index (χ4n) is 2.42. The zero-order valence-corrected chi connectivity index (χ0v) is 13.3. The van der Waals surface area contributed by atoms with Crippen molar-refractivity contribution < 1.29 is 8.42 Å². The standard InChI is InChI=1S/C15H23N3O2S/c1-2-16-15-8-7-14(9-17-15)21(19,20)18(10-12-3-4-12)11-13-5-6-13/h7-9,12-13H,2-6,10-11H2,1H3,(H,16,17). The van der Waals surface area contributed by atoms with E-state index < -0.39 is 10.0 Å². The van der Waals surface area contributed by atoms with Crippen LogP contribution < -0.4 is 5.32 Å². The largest absolute Gasteiger partial charge is 0.370 e. The summed E-state index contributed by atoms with van der Waals surface area (Å²) < 4.78 is 27.3. The van der Waals surface area contributed by atoms with E-state index in [9.17, 15) is 8.42 Å². The van der Waals surface area contributed by atoms with Gasteiger partial charge in [-0.3, -0.25) is 0 Å². The van der Waals surface area contributed by atoms with Crippen LogP contribution in [0.15, 0.2) is 23.2 Å². The molecule has 1 aromatic rings. The van der Waals surface area contributed by atoms with Gasteiger partial charge in [-0.1, -0.05) is 0 Å². The molecule has 116 valence electrons. The molecule has 0 aromatic carbocycles. The third kappa shape index (κ3) is 3.74. The summed E-state index contributed by atoms with van der Waals surface area (Å²) in [4.78, 5) is 4.50. The summed E-state index contributed by atoms with van der Waals surface area (Å²) in [6, 6.07) is 3.40. The first-order valence-corrected chi connectivity index (χ1v) is 9.23. The van der Waals surface area contributed by atoms with Crippen molar-refractivity contribution in [3.05, 3.63) is 18.3 Å². The highest BCUT2D eigenvalue weighted by Crippen LogP contribution is 2.35. The number of pyridine rings is 1. The van der Waals surface area contributed by atoms with E-state index in [1.54, 1.807) is 16.4 Å². The summed E-state index contributed by atoms with van der Waals surface area (Å²) in [6.45, 7) is 4.11. The van der Waals surface area contributed by atoms with E-state index in [2.05, 4.69) is 10.3 Å². The molecule has 6 heteroatoms. The van der Waals surface area contributed by atoms with Crippen LogP contribution in [-0.2, 0) is 10.0 Å². The van der Waals surface area contributed by atoms with Crippen molar-refractivity contribution in [3.63, 3.8) is 0 Å². The molecule has 0 radical (unpaired) electrons. The number of nitrogens with one attached hydrogen (secondary N) is 1. The lowest BCUT2D eigenvalue weighted by Crippen LogP contribution is -2.34. The van der Waals surface area contributed by atoms with Crippen LogP contribution in [0.3, 0.4) is 0 Å². The third-order valence-corrected chi connectivity index (χ3v) is 5.86. The SMILES string of the molecule is CCNc1ccc(S(=O)(=O)N(CC2CC2)CC2CC2)cn1. The predicted octanol–water partition coefficient (Wildman–Crippen LogP) is 2.32. The Morgan fingerprint density at radius 1 is 1.19 bits per heavy atom. The van der Waals surface area contributed by atoms with E-state index in [-0.39, 0.29) is 0 Å². The minimum absolute atomic E-state index is 0.311. The van der Waals surface area contributed by atoms with E-state index in [1.165, 1.54) is 6.20 Å². The summed E-state index contributed by atoms with van der Waals surface area (Å²) >= 11 is 0. The topological polar surface area (TPSA) is 62.3 Å². The van der Waals surface area contributed by atoms with Crippen LogP contribution in [0.1, 0.15) is 32.6 Å². The van der Waals surface area contributed by atoms with Crippen molar-refractivity contribution in [3.8, 4) is 0 Å². The van der Waals surface area contributed by atoms with Gasteiger partial charge in [-0.25, -0.2) is 13.4 Å². The number of aromatic nitrogens is 1. The summed E-state index contributed by atoms with van der Waals surface area (Å²) in [5.41, 5.74) is 0. The number of rotatable bonds is 8. The van der Waals surface area contributed by atoms with Gasteiger partial charge < -0.3 is 5.32 Å². The van der Waals surface area contributed by atoms with Gasteiger partial charge in [-0.15, -0.1) is 0 Å². The van der Waals surface area contributed by atoms with Crippen molar-refractivity contribution >= 4 is 15.8 Å². The zero-order chi connectivity index (χ0) is 14.9. The number of nitrogens with zero attached hydrogens (tertiary/aromatic N) is 2. The molecule has 2 saturated carbocycles. The molecule has 1 heterocycles. The van der Waals surface area contributed by atoms with Crippen LogP contribution in [0.2, 0.25) is 0 Å². The molecular formula is C15H23N3O2S. The second-order valence-electron chi connectivity index (χ2n) is 6.12. The first-order valence-electron chi connectivity index (χ1n) is 7.79. The van der Waals surface area contributed by atoms with Gasteiger partial charge in [0, 0.05) is 25.8 Å². The number of hydrogen-bond donors (Lipinski definition) is 1. The molecule has 1 N–H and O–H groups in total. The molecule has 21 heavy (non-hydrogen) atoms. The Morgan fingerprint density at radius 3 is 2.24 bits per heavy atom. The number of anilines is 1. The molecule has 0 bridgehead atoms. The quantitative estimate of drug-likeness (QED) is 0.800. The van der Waals surface area contributed by atoms with Gasteiger partial charge in [0.2, 0.25) is 10.0 Å². The fourth-order valence-corrected chi connectivity index (χ4v) is 3.95. The lowest BCUT2D eigenvalue weighted by molar-refractivity contribution is 0.382. The maximum absolute atomic E-state index is 12.8. The van der Waals surface area contributed by atoms with Crippen molar-refractivity contribution in [2.24, 2.45) is 11.8 Å². The van der Waals surface area contributed by atoms with Gasteiger partial charge >= 0.3 is 0 Å². The predicted molar refractivity (Wildman–Crippen MR) is 82.6 cm³/mol. The number of sulfonamides is 1. The highest BCUT2D eigenvalue weighted by Gasteiger charge is 2.35.